The second-order valence-electron chi connectivity index (χ2n) is 9.18. The zero-order valence-electron chi connectivity index (χ0n) is 13.7. The summed E-state index contributed by atoms with van der Waals surface area (Å²) in [6.45, 7) is 7.09. The molecule has 0 aromatic rings. The van der Waals surface area contributed by atoms with Crippen LogP contribution in [-0.4, -0.2) is 17.8 Å². The van der Waals surface area contributed by atoms with Gasteiger partial charge in [0.15, 0.2) is 0 Å². The van der Waals surface area contributed by atoms with Crippen molar-refractivity contribution in [2.75, 3.05) is 0 Å². The largest absolute Gasteiger partial charge is 0.312 e. The van der Waals surface area contributed by atoms with Crippen molar-refractivity contribution in [1.29, 1.82) is 0 Å². The lowest BCUT2D eigenvalue weighted by atomic mass is 9.40. The lowest BCUT2D eigenvalue weighted by Gasteiger charge is -2.65. The minimum Gasteiger partial charge on any atom is -0.312 e. The normalized spacial score (nSPS) is 51.2. The number of hydrogen-bond acceptors (Lipinski definition) is 2. The standard InChI is InChI=1S/C18H28N2O/c1-4-5-13-14(21)20-15(19-13)18-8-12-6-16(2,10-18)9-17(3,7-12)11-18/h12-13H,4-11H2,1-3H3,(H,19,20,21). The van der Waals surface area contributed by atoms with Crippen LogP contribution in [0.5, 0.6) is 0 Å². The van der Waals surface area contributed by atoms with Gasteiger partial charge >= 0.3 is 0 Å². The fourth-order valence-electron chi connectivity index (χ4n) is 6.90. The predicted octanol–water partition coefficient (Wildman–Crippen LogP) is 3.68. The van der Waals surface area contributed by atoms with Gasteiger partial charge in [-0.1, -0.05) is 27.2 Å². The van der Waals surface area contributed by atoms with E-state index in [2.05, 4.69) is 26.1 Å². The average Bonchev–Trinajstić information content (AvgIpc) is 2.67. The van der Waals surface area contributed by atoms with Crippen LogP contribution in [0.1, 0.15) is 72.1 Å². The van der Waals surface area contributed by atoms with Gasteiger partial charge in [0.2, 0.25) is 5.91 Å². The molecule has 116 valence electrons. The minimum atomic E-state index is -0.112. The molecule has 4 aliphatic carbocycles. The van der Waals surface area contributed by atoms with E-state index in [1.165, 1.54) is 38.5 Å². The number of amides is 1. The highest BCUT2D eigenvalue weighted by Gasteiger charge is 2.62. The molecule has 3 atom stereocenters. The van der Waals surface area contributed by atoms with Crippen molar-refractivity contribution in [2.24, 2.45) is 27.2 Å². The van der Waals surface area contributed by atoms with Gasteiger partial charge in [-0.3, -0.25) is 9.79 Å². The number of amidine groups is 1. The van der Waals surface area contributed by atoms with E-state index in [1.54, 1.807) is 0 Å². The Kier molecular flexibility index (Phi) is 2.70. The summed E-state index contributed by atoms with van der Waals surface area (Å²) >= 11 is 0. The van der Waals surface area contributed by atoms with E-state index in [-0.39, 0.29) is 17.4 Å². The second-order valence-corrected chi connectivity index (χ2v) is 9.18. The third-order valence-electron chi connectivity index (χ3n) is 6.52. The first-order valence-corrected chi connectivity index (χ1v) is 8.75. The third kappa shape index (κ3) is 1.99. The summed E-state index contributed by atoms with van der Waals surface area (Å²) in [6.07, 6.45) is 9.82. The first-order chi connectivity index (χ1) is 9.85. The smallest absolute Gasteiger partial charge is 0.250 e. The van der Waals surface area contributed by atoms with E-state index in [1.807, 2.05) is 0 Å². The first kappa shape index (κ1) is 13.8. The molecule has 3 unspecified atom stereocenters. The van der Waals surface area contributed by atoms with Crippen LogP contribution < -0.4 is 5.32 Å². The number of carbonyl (C=O) groups is 1. The van der Waals surface area contributed by atoms with Gasteiger partial charge in [-0.15, -0.1) is 0 Å². The molecule has 0 radical (unpaired) electrons. The Bertz CT molecular complexity index is 505. The molecule has 21 heavy (non-hydrogen) atoms. The summed E-state index contributed by atoms with van der Waals surface area (Å²) in [5.41, 5.74) is 1.13. The van der Waals surface area contributed by atoms with Crippen molar-refractivity contribution in [2.45, 2.75) is 78.2 Å². The zero-order chi connectivity index (χ0) is 14.9. The highest BCUT2D eigenvalue weighted by molar-refractivity contribution is 6.08. The second kappa shape index (κ2) is 4.11. The van der Waals surface area contributed by atoms with Crippen LogP contribution >= 0.6 is 0 Å². The molecule has 1 aliphatic heterocycles. The quantitative estimate of drug-likeness (QED) is 0.845. The number of aliphatic imine (C=N–C) groups is 1. The summed E-state index contributed by atoms with van der Waals surface area (Å²) in [5.74, 6) is 2.06. The SMILES string of the molecule is CCCC1N=C(C23CC4CC(C)(CC(C)(C4)C2)C3)NC1=O. The van der Waals surface area contributed by atoms with Crippen LogP contribution in [-0.2, 0) is 4.79 Å². The Morgan fingerprint density at radius 2 is 1.81 bits per heavy atom. The molecule has 0 saturated heterocycles. The maximum atomic E-state index is 12.2. The van der Waals surface area contributed by atoms with Crippen LogP contribution in [0.3, 0.4) is 0 Å². The van der Waals surface area contributed by atoms with Crippen molar-refractivity contribution in [1.82, 2.24) is 5.32 Å². The van der Waals surface area contributed by atoms with Gasteiger partial charge in [0.25, 0.3) is 0 Å². The van der Waals surface area contributed by atoms with Gasteiger partial charge in [-0.2, -0.15) is 0 Å². The van der Waals surface area contributed by atoms with Gasteiger partial charge < -0.3 is 5.32 Å². The fraction of sp³-hybridized carbons (Fsp3) is 0.889. The van der Waals surface area contributed by atoms with Crippen molar-refractivity contribution < 1.29 is 4.79 Å². The maximum absolute atomic E-state index is 12.2. The molecule has 0 aromatic heterocycles. The molecular formula is C18H28N2O. The number of carbonyl (C=O) groups excluding carboxylic acids is 1. The van der Waals surface area contributed by atoms with Crippen molar-refractivity contribution in [3.63, 3.8) is 0 Å². The lowest BCUT2D eigenvalue weighted by molar-refractivity contribution is -0.123. The Labute approximate surface area is 128 Å². The summed E-state index contributed by atoms with van der Waals surface area (Å²) in [5, 5.41) is 3.19. The number of nitrogens with zero attached hydrogens (tertiary/aromatic N) is 1. The molecule has 3 nitrogen and oxygen atoms in total. The van der Waals surface area contributed by atoms with E-state index >= 15 is 0 Å². The van der Waals surface area contributed by atoms with Crippen molar-refractivity contribution >= 4 is 11.7 Å². The summed E-state index contributed by atoms with van der Waals surface area (Å²) in [7, 11) is 0. The van der Waals surface area contributed by atoms with Gasteiger partial charge in [0, 0.05) is 5.41 Å². The molecule has 4 bridgehead atoms. The van der Waals surface area contributed by atoms with Crippen LogP contribution in [0.2, 0.25) is 0 Å². The first-order valence-electron chi connectivity index (χ1n) is 8.75. The van der Waals surface area contributed by atoms with Crippen LogP contribution in [0, 0.1) is 22.2 Å². The highest BCUT2D eigenvalue weighted by Crippen LogP contribution is 2.69. The van der Waals surface area contributed by atoms with Crippen molar-refractivity contribution in [3.8, 4) is 0 Å². The molecule has 3 heteroatoms. The van der Waals surface area contributed by atoms with Gasteiger partial charge in [0.1, 0.15) is 11.9 Å². The van der Waals surface area contributed by atoms with Gasteiger partial charge in [-0.25, -0.2) is 0 Å². The molecule has 0 spiro atoms. The topological polar surface area (TPSA) is 41.5 Å². The fourth-order valence-corrected chi connectivity index (χ4v) is 6.90. The van der Waals surface area contributed by atoms with E-state index < -0.39 is 0 Å². The van der Waals surface area contributed by atoms with Crippen molar-refractivity contribution in [3.05, 3.63) is 0 Å². The summed E-state index contributed by atoms with van der Waals surface area (Å²) in [6, 6.07) is -0.112. The lowest BCUT2D eigenvalue weighted by Crippen LogP contribution is -2.59. The molecule has 5 aliphatic rings. The van der Waals surface area contributed by atoms with Gasteiger partial charge in [-0.05, 0) is 61.7 Å². The highest BCUT2D eigenvalue weighted by atomic mass is 16.2. The summed E-state index contributed by atoms with van der Waals surface area (Å²) < 4.78 is 0. The van der Waals surface area contributed by atoms with Crippen LogP contribution in [0.15, 0.2) is 4.99 Å². The Hall–Kier alpha value is -0.860. The number of rotatable bonds is 3. The molecule has 1 amide bonds. The average molecular weight is 288 g/mol. The molecule has 4 saturated carbocycles. The van der Waals surface area contributed by atoms with E-state index in [4.69, 9.17) is 4.99 Å². The number of hydrogen-bond donors (Lipinski definition) is 1. The van der Waals surface area contributed by atoms with Crippen LogP contribution in [0.4, 0.5) is 0 Å². The molecule has 1 heterocycles. The Morgan fingerprint density at radius 3 is 2.38 bits per heavy atom. The third-order valence-corrected chi connectivity index (χ3v) is 6.52. The monoisotopic (exact) mass is 288 g/mol. The Balaban J connectivity index is 1.69. The summed E-state index contributed by atoms with van der Waals surface area (Å²) in [4.78, 5) is 17.1. The van der Waals surface area contributed by atoms with Crippen LogP contribution in [0.25, 0.3) is 0 Å². The minimum absolute atomic E-state index is 0.112. The molecule has 4 fully saturated rings. The maximum Gasteiger partial charge on any atom is 0.250 e. The van der Waals surface area contributed by atoms with E-state index in [0.29, 0.717) is 10.8 Å². The Morgan fingerprint density at radius 1 is 1.14 bits per heavy atom. The molecule has 5 rings (SSSR count). The number of nitrogens with one attached hydrogen (secondary N) is 1. The zero-order valence-corrected chi connectivity index (χ0v) is 13.7. The molecule has 0 aromatic carbocycles. The van der Waals surface area contributed by atoms with Gasteiger partial charge in [0.05, 0.1) is 0 Å². The molecule has 1 N–H and O–H groups in total. The van der Waals surface area contributed by atoms with E-state index in [0.717, 1.165) is 24.6 Å². The predicted molar refractivity (Wildman–Crippen MR) is 84.1 cm³/mol. The van der Waals surface area contributed by atoms with E-state index in [9.17, 15) is 4.79 Å². The molecular weight excluding hydrogens is 260 g/mol.